The van der Waals surface area contributed by atoms with Gasteiger partial charge in [-0.05, 0) is 28.1 Å². The summed E-state index contributed by atoms with van der Waals surface area (Å²) in [4.78, 5) is 17.2. The Labute approximate surface area is 127 Å². The number of halogens is 1. The van der Waals surface area contributed by atoms with Crippen molar-refractivity contribution < 1.29 is 9.32 Å². The summed E-state index contributed by atoms with van der Waals surface area (Å²) in [5.41, 5.74) is 0.645. The number of thiophene rings is 1. The molecule has 0 saturated heterocycles. The zero-order chi connectivity index (χ0) is 13.9. The average Bonchev–Trinajstić information content (AvgIpc) is 3.09. The number of nitrogens with zero attached hydrogens (tertiary/aromatic N) is 2. The van der Waals surface area contributed by atoms with Gasteiger partial charge < -0.3 is 4.52 Å². The third-order valence-corrected chi connectivity index (χ3v) is 4.29. The highest BCUT2D eigenvalue weighted by Gasteiger charge is 2.14. The first kappa shape index (κ1) is 13.2. The van der Waals surface area contributed by atoms with E-state index in [9.17, 15) is 4.79 Å². The standard InChI is InChI=1S/C14H9BrN2O2S/c15-12-7-6-11(20-12)14-16-13(19-17-14)8-10(18)9-4-2-1-3-5-9/h1-7H,8H2. The molecule has 0 amide bonds. The number of carbonyl (C=O) groups is 1. The van der Waals surface area contributed by atoms with E-state index >= 15 is 0 Å². The molecule has 0 atom stereocenters. The first-order chi connectivity index (χ1) is 9.72. The molecule has 2 heterocycles. The number of carbonyl (C=O) groups excluding carboxylic acids is 1. The molecule has 0 fully saturated rings. The summed E-state index contributed by atoms with van der Waals surface area (Å²) in [6, 6.07) is 12.9. The maximum atomic E-state index is 12.0. The van der Waals surface area contributed by atoms with Gasteiger partial charge >= 0.3 is 0 Å². The van der Waals surface area contributed by atoms with E-state index in [4.69, 9.17) is 4.52 Å². The molecule has 3 rings (SSSR count). The quantitative estimate of drug-likeness (QED) is 0.669. The van der Waals surface area contributed by atoms with Crippen LogP contribution in [0.3, 0.4) is 0 Å². The summed E-state index contributed by atoms with van der Waals surface area (Å²) >= 11 is 4.90. The third-order valence-electron chi connectivity index (χ3n) is 2.67. The summed E-state index contributed by atoms with van der Waals surface area (Å²) in [5.74, 6) is 0.808. The van der Waals surface area contributed by atoms with E-state index in [2.05, 4.69) is 26.1 Å². The molecule has 4 nitrogen and oxygen atoms in total. The van der Waals surface area contributed by atoms with Gasteiger partial charge in [-0.3, -0.25) is 4.79 Å². The molecular formula is C14H9BrN2O2S. The Kier molecular flexibility index (Phi) is 3.75. The van der Waals surface area contributed by atoms with Crippen molar-refractivity contribution in [3.63, 3.8) is 0 Å². The largest absolute Gasteiger partial charge is 0.338 e. The van der Waals surface area contributed by atoms with Crippen LogP contribution in [0.15, 0.2) is 50.8 Å². The van der Waals surface area contributed by atoms with Gasteiger partial charge in [0, 0.05) is 5.56 Å². The fourth-order valence-electron chi connectivity index (χ4n) is 1.72. The highest BCUT2D eigenvalue weighted by Crippen LogP contribution is 2.29. The molecule has 0 aliphatic carbocycles. The van der Waals surface area contributed by atoms with Crippen molar-refractivity contribution in [2.75, 3.05) is 0 Å². The summed E-state index contributed by atoms with van der Waals surface area (Å²) < 4.78 is 6.13. The number of hydrogen-bond acceptors (Lipinski definition) is 5. The maximum absolute atomic E-state index is 12.0. The highest BCUT2D eigenvalue weighted by molar-refractivity contribution is 9.11. The van der Waals surface area contributed by atoms with Crippen LogP contribution in [0.5, 0.6) is 0 Å². The van der Waals surface area contributed by atoms with E-state index in [0.717, 1.165) is 8.66 Å². The van der Waals surface area contributed by atoms with Crippen LogP contribution in [-0.2, 0) is 6.42 Å². The van der Waals surface area contributed by atoms with Crippen LogP contribution < -0.4 is 0 Å². The van der Waals surface area contributed by atoms with Crippen molar-refractivity contribution in [2.24, 2.45) is 0 Å². The molecule has 6 heteroatoms. The molecule has 2 aromatic heterocycles. The number of rotatable bonds is 4. The van der Waals surface area contributed by atoms with Gasteiger partial charge in [-0.2, -0.15) is 4.98 Å². The number of ketones is 1. The van der Waals surface area contributed by atoms with Crippen molar-refractivity contribution in [3.05, 3.63) is 57.7 Å². The van der Waals surface area contributed by atoms with Gasteiger partial charge in [-0.25, -0.2) is 0 Å². The summed E-state index contributed by atoms with van der Waals surface area (Å²) in [6.07, 6.45) is 0.115. The summed E-state index contributed by atoms with van der Waals surface area (Å²) in [6.45, 7) is 0. The lowest BCUT2D eigenvalue weighted by molar-refractivity contribution is 0.0983. The van der Waals surface area contributed by atoms with Crippen LogP contribution in [0.25, 0.3) is 10.7 Å². The Hall–Kier alpha value is -1.79. The van der Waals surface area contributed by atoms with Crippen molar-refractivity contribution in [1.82, 2.24) is 10.1 Å². The molecule has 0 aliphatic heterocycles. The molecule has 0 bridgehead atoms. The first-order valence-electron chi connectivity index (χ1n) is 5.89. The van der Waals surface area contributed by atoms with Gasteiger partial charge in [0.05, 0.1) is 15.1 Å². The van der Waals surface area contributed by atoms with E-state index in [-0.39, 0.29) is 12.2 Å². The van der Waals surface area contributed by atoms with Crippen molar-refractivity contribution >= 4 is 33.0 Å². The zero-order valence-corrected chi connectivity index (χ0v) is 12.6. The van der Waals surface area contributed by atoms with Crippen LogP contribution in [0.1, 0.15) is 16.2 Å². The lowest BCUT2D eigenvalue weighted by Gasteiger charge is -1.95. The van der Waals surface area contributed by atoms with Crippen LogP contribution in [0.2, 0.25) is 0 Å². The Bertz CT molecular complexity index is 736. The van der Waals surface area contributed by atoms with Gasteiger partial charge in [0.15, 0.2) is 5.78 Å². The minimum Gasteiger partial charge on any atom is -0.338 e. The molecule has 0 spiro atoms. The summed E-state index contributed by atoms with van der Waals surface area (Å²) in [7, 11) is 0. The van der Waals surface area contributed by atoms with Crippen molar-refractivity contribution in [3.8, 4) is 10.7 Å². The van der Waals surface area contributed by atoms with Gasteiger partial charge in [-0.15, -0.1) is 11.3 Å². The molecule has 0 saturated carbocycles. The Morgan fingerprint density at radius 3 is 2.70 bits per heavy atom. The number of Topliss-reactive ketones (excluding diaryl/α,β-unsaturated/α-hetero) is 1. The normalized spacial score (nSPS) is 10.7. The topological polar surface area (TPSA) is 56.0 Å². The van der Waals surface area contributed by atoms with Crippen molar-refractivity contribution in [2.45, 2.75) is 6.42 Å². The molecule has 0 radical (unpaired) electrons. The minimum atomic E-state index is -0.0341. The molecule has 3 aromatic rings. The van der Waals surface area contributed by atoms with E-state index in [1.54, 1.807) is 12.1 Å². The fourth-order valence-corrected chi connectivity index (χ4v) is 3.04. The predicted molar refractivity (Wildman–Crippen MR) is 79.8 cm³/mol. The van der Waals surface area contributed by atoms with Gasteiger partial charge in [0.2, 0.25) is 11.7 Å². The number of hydrogen-bond donors (Lipinski definition) is 0. The number of aromatic nitrogens is 2. The SMILES string of the molecule is O=C(Cc1nc(-c2ccc(Br)s2)no1)c1ccccc1. The molecular weight excluding hydrogens is 340 g/mol. The van der Waals surface area contributed by atoms with Crippen LogP contribution in [0.4, 0.5) is 0 Å². The Morgan fingerprint density at radius 1 is 1.20 bits per heavy atom. The first-order valence-corrected chi connectivity index (χ1v) is 7.50. The third kappa shape index (κ3) is 2.86. The molecule has 0 N–H and O–H groups in total. The van der Waals surface area contributed by atoms with E-state index in [0.29, 0.717) is 17.3 Å². The molecule has 1 aromatic carbocycles. The van der Waals surface area contributed by atoms with Crippen LogP contribution in [-0.4, -0.2) is 15.9 Å². The van der Waals surface area contributed by atoms with Crippen LogP contribution in [0, 0.1) is 0 Å². The maximum Gasteiger partial charge on any atom is 0.234 e. The Balaban J connectivity index is 1.76. The molecule has 20 heavy (non-hydrogen) atoms. The second kappa shape index (κ2) is 5.68. The smallest absolute Gasteiger partial charge is 0.234 e. The Morgan fingerprint density at radius 2 is 2.00 bits per heavy atom. The van der Waals surface area contributed by atoms with E-state index in [1.807, 2.05) is 30.3 Å². The van der Waals surface area contributed by atoms with E-state index in [1.165, 1.54) is 11.3 Å². The highest BCUT2D eigenvalue weighted by atomic mass is 79.9. The zero-order valence-electron chi connectivity index (χ0n) is 10.2. The van der Waals surface area contributed by atoms with Gasteiger partial charge in [0.1, 0.15) is 0 Å². The molecule has 100 valence electrons. The second-order valence-electron chi connectivity index (χ2n) is 4.08. The van der Waals surface area contributed by atoms with E-state index < -0.39 is 0 Å². The summed E-state index contributed by atoms with van der Waals surface area (Å²) in [5, 5.41) is 3.90. The molecule has 0 unspecified atom stereocenters. The molecule has 0 aliphatic rings. The van der Waals surface area contributed by atoms with Gasteiger partial charge in [0.25, 0.3) is 0 Å². The van der Waals surface area contributed by atoms with Crippen LogP contribution >= 0.6 is 27.3 Å². The average molecular weight is 349 g/mol. The fraction of sp³-hybridized carbons (Fsp3) is 0.0714. The second-order valence-corrected chi connectivity index (χ2v) is 6.54. The monoisotopic (exact) mass is 348 g/mol. The number of benzene rings is 1. The van der Waals surface area contributed by atoms with Gasteiger partial charge in [-0.1, -0.05) is 35.5 Å². The van der Waals surface area contributed by atoms with Crippen molar-refractivity contribution in [1.29, 1.82) is 0 Å². The predicted octanol–water partition coefficient (Wildman–Crippen LogP) is 3.99. The minimum absolute atomic E-state index is 0.0341. The lowest BCUT2D eigenvalue weighted by Crippen LogP contribution is -2.03. The lowest BCUT2D eigenvalue weighted by atomic mass is 10.1.